The van der Waals surface area contributed by atoms with E-state index in [0.29, 0.717) is 0 Å². The Hall–Kier alpha value is 0.486. The van der Waals surface area contributed by atoms with Gasteiger partial charge >= 0.3 is 74.8 Å². The van der Waals surface area contributed by atoms with Crippen molar-refractivity contribution in [2.24, 2.45) is 0 Å². The zero-order valence-electron chi connectivity index (χ0n) is 9.08. The van der Waals surface area contributed by atoms with Crippen LogP contribution in [0.15, 0.2) is 0 Å². The summed E-state index contributed by atoms with van der Waals surface area (Å²) in [5.41, 5.74) is 0. The molecule has 0 saturated carbocycles. The fourth-order valence-corrected chi connectivity index (χ4v) is 1.09. The first-order chi connectivity index (χ1) is 7.16. The van der Waals surface area contributed by atoms with Crippen molar-refractivity contribution in [1.29, 1.82) is 0 Å². The molecule has 0 saturated heterocycles. The van der Waals surface area contributed by atoms with E-state index < -0.39 is 33.7 Å². The zero-order valence-corrected chi connectivity index (χ0v) is 13.0. The molecule has 0 aromatic carbocycles. The van der Waals surface area contributed by atoms with Crippen molar-refractivity contribution in [1.82, 2.24) is 0 Å². The van der Waals surface area contributed by atoms with Gasteiger partial charge in [-0.25, -0.2) is 0 Å². The first-order valence-corrected chi connectivity index (χ1v) is 8.28. The van der Waals surface area contributed by atoms with E-state index in [1.807, 2.05) is 0 Å². The molecule has 0 aromatic rings. The SMILES string of the molecule is CC[CH2][K].O=C(O)CC(C(=O)O)S(=O)(=O)O. The van der Waals surface area contributed by atoms with Crippen LogP contribution in [0.2, 0.25) is 0.515 Å². The van der Waals surface area contributed by atoms with E-state index in [1.54, 1.807) is 0 Å². The van der Waals surface area contributed by atoms with Gasteiger partial charge in [0.25, 0.3) is 10.1 Å². The Morgan fingerprint density at radius 1 is 1.31 bits per heavy atom. The minimum Gasteiger partial charge on any atom is -0.481 e. The number of hydrogen-bond donors (Lipinski definition) is 3. The smallest absolute Gasteiger partial charge is 0.325 e. The molecule has 0 aromatic heterocycles. The molecule has 0 bridgehead atoms. The third-order valence-electron chi connectivity index (χ3n) is 1.50. The van der Waals surface area contributed by atoms with E-state index >= 15 is 0 Å². The van der Waals surface area contributed by atoms with E-state index in [9.17, 15) is 18.0 Å². The van der Waals surface area contributed by atoms with Gasteiger partial charge in [-0.2, -0.15) is 8.42 Å². The van der Waals surface area contributed by atoms with Crippen molar-refractivity contribution in [2.45, 2.75) is 25.5 Å². The minimum atomic E-state index is -4.84. The third kappa shape index (κ3) is 11.0. The van der Waals surface area contributed by atoms with Crippen molar-refractivity contribution >= 4 is 71.0 Å². The molecule has 16 heavy (non-hydrogen) atoms. The Kier molecular flexibility index (Phi) is 11.2. The normalized spacial score (nSPS) is 12.2. The fraction of sp³-hybridized carbons (Fsp3) is 0.714. The first-order valence-electron chi connectivity index (χ1n) is 4.57. The number of rotatable bonds is 5. The Morgan fingerprint density at radius 2 is 1.69 bits per heavy atom. The Labute approximate surface area is 128 Å². The van der Waals surface area contributed by atoms with Crippen molar-refractivity contribution < 1.29 is 32.8 Å². The molecule has 1 unspecified atom stereocenters. The van der Waals surface area contributed by atoms with E-state index in [2.05, 4.69) is 6.92 Å². The number of carboxylic acids is 2. The summed E-state index contributed by atoms with van der Waals surface area (Å²) in [4.78, 5) is 20.0. The molecule has 9 heteroatoms. The molecule has 1 atom stereocenters. The molecule has 0 aliphatic heterocycles. The summed E-state index contributed by atoms with van der Waals surface area (Å²) in [5.74, 6) is -3.50. The minimum absolute atomic E-state index is 1.11. The van der Waals surface area contributed by atoms with Gasteiger partial charge < -0.3 is 10.2 Å². The standard InChI is InChI=1S/C4H6O7S.C3H7.K/c5-3(6)1-2(4(7)8)12(9,10)11;1-3-2;/h2H,1H2,(H,5,6)(H,7,8)(H,9,10,11);1,3H2,2H3;. The van der Waals surface area contributed by atoms with Crippen LogP contribution >= 0.6 is 0 Å². The van der Waals surface area contributed by atoms with Crippen LogP contribution in [0, 0.1) is 0 Å². The average molecular weight is 280 g/mol. The molecule has 0 radical (unpaired) electrons. The predicted molar refractivity (Wildman–Crippen MR) is 56.1 cm³/mol. The number of hydrogen-bond acceptors (Lipinski definition) is 4. The Morgan fingerprint density at radius 3 is 1.75 bits per heavy atom. The van der Waals surface area contributed by atoms with Crippen LogP contribution in [0.25, 0.3) is 0 Å². The van der Waals surface area contributed by atoms with Gasteiger partial charge in [0.2, 0.25) is 0 Å². The van der Waals surface area contributed by atoms with Crippen LogP contribution < -0.4 is 0 Å². The second kappa shape index (κ2) is 9.51. The van der Waals surface area contributed by atoms with Gasteiger partial charge in [-0.15, -0.1) is 0 Å². The van der Waals surface area contributed by atoms with Crippen molar-refractivity contribution in [3.63, 3.8) is 0 Å². The molecule has 7 nitrogen and oxygen atoms in total. The molecule has 0 spiro atoms. The predicted octanol–water partition coefficient (Wildman–Crippen LogP) is -0.215. The summed E-state index contributed by atoms with van der Waals surface area (Å²) in [6, 6.07) is 0. The van der Waals surface area contributed by atoms with Crippen LogP contribution in [-0.4, -0.2) is 89.3 Å². The van der Waals surface area contributed by atoms with E-state index in [4.69, 9.17) is 14.8 Å². The summed E-state index contributed by atoms with van der Waals surface area (Å²) in [7, 11) is -4.84. The second-order valence-corrected chi connectivity index (χ2v) is 6.10. The Balaban J connectivity index is 0. The third-order valence-corrected chi connectivity index (χ3v) is 4.14. The van der Waals surface area contributed by atoms with Crippen LogP contribution in [0.3, 0.4) is 0 Å². The summed E-state index contributed by atoms with van der Waals surface area (Å²) >= 11 is 1.11. The van der Waals surface area contributed by atoms with Crippen molar-refractivity contribution in [2.75, 3.05) is 0 Å². The molecule has 3 N–H and O–H groups in total. The Bertz CT molecular complexity index is 322. The summed E-state index contributed by atoms with van der Waals surface area (Å²) in [6.07, 6.45) is 0.244. The summed E-state index contributed by atoms with van der Waals surface area (Å²) in [5, 5.41) is 13.9. The van der Waals surface area contributed by atoms with Gasteiger partial charge in [0, 0.05) is 0 Å². The quantitative estimate of drug-likeness (QED) is 0.469. The van der Waals surface area contributed by atoms with Gasteiger partial charge in [-0.05, 0) is 0 Å². The van der Waals surface area contributed by atoms with E-state index in [-0.39, 0.29) is 0 Å². The van der Waals surface area contributed by atoms with Crippen molar-refractivity contribution in [3.8, 4) is 0 Å². The van der Waals surface area contributed by atoms with Crippen LogP contribution in [0.4, 0.5) is 0 Å². The fourth-order valence-electron chi connectivity index (χ4n) is 0.479. The molecule has 0 amide bonds. The number of aliphatic carboxylic acids is 2. The zero-order chi connectivity index (χ0) is 13.4. The number of carboxylic acid groups (broad SMARTS) is 2. The first kappa shape index (κ1) is 18.8. The molecule has 0 aliphatic rings. The summed E-state index contributed by atoms with van der Waals surface area (Å²) < 4.78 is 30.2. The molecule has 0 rings (SSSR count). The van der Waals surface area contributed by atoms with Crippen LogP contribution in [0.1, 0.15) is 19.8 Å². The molecule has 0 fully saturated rings. The largest absolute Gasteiger partial charge is 0.481 e. The van der Waals surface area contributed by atoms with Gasteiger partial charge in [0.05, 0.1) is 6.42 Å². The maximum Gasteiger partial charge on any atom is 0.325 e. The molecule has 90 valence electrons. The van der Waals surface area contributed by atoms with Crippen molar-refractivity contribution in [3.05, 3.63) is 0 Å². The topological polar surface area (TPSA) is 129 Å². The maximum atomic E-state index is 10.2. The summed E-state index contributed by atoms with van der Waals surface area (Å²) in [6.45, 7) is 2.23. The van der Waals surface area contributed by atoms with Gasteiger partial charge in [0.1, 0.15) is 0 Å². The van der Waals surface area contributed by atoms with E-state index in [1.165, 1.54) is 6.94 Å². The maximum absolute atomic E-state index is 10.2. The van der Waals surface area contributed by atoms with Gasteiger partial charge in [0.15, 0.2) is 5.25 Å². The van der Waals surface area contributed by atoms with E-state index in [0.717, 1.165) is 49.0 Å². The molecule has 0 heterocycles. The molecular formula is C7H13KO7S. The molecule has 0 aliphatic carbocycles. The molecular weight excluding hydrogens is 267 g/mol. The average Bonchev–Trinajstić information content (AvgIpc) is 2.12. The second-order valence-electron chi connectivity index (χ2n) is 2.94. The van der Waals surface area contributed by atoms with Crippen LogP contribution in [0.5, 0.6) is 0 Å². The monoisotopic (exact) mass is 280 g/mol. The number of carbonyl (C=O) groups is 2. The van der Waals surface area contributed by atoms with Crippen LogP contribution in [-0.2, 0) is 19.7 Å². The van der Waals surface area contributed by atoms with Gasteiger partial charge in [-0.1, -0.05) is 0 Å². The van der Waals surface area contributed by atoms with Gasteiger partial charge in [-0.3, -0.25) is 14.1 Å².